The molecule has 0 bridgehead atoms. The molecule has 2 aromatic rings. The molecular formula is C20H24FNO2. The van der Waals surface area contributed by atoms with Crippen LogP contribution in [0.5, 0.6) is 5.75 Å². The smallest absolute Gasteiger partial charge is 0.261 e. The van der Waals surface area contributed by atoms with Crippen LogP contribution in [0.15, 0.2) is 48.5 Å². The molecule has 0 aliphatic heterocycles. The van der Waals surface area contributed by atoms with Gasteiger partial charge in [0.1, 0.15) is 11.6 Å². The van der Waals surface area contributed by atoms with E-state index in [1.54, 1.807) is 25.1 Å². The number of amides is 1. The van der Waals surface area contributed by atoms with E-state index in [4.69, 9.17) is 4.74 Å². The summed E-state index contributed by atoms with van der Waals surface area (Å²) in [5.74, 6) is 0.0267. The summed E-state index contributed by atoms with van der Waals surface area (Å²) in [5, 5.41) is 2.69. The molecule has 0 saturated carbocycles. The molecule has 1 unspecified atom stereocenters. The third-order valence-corrected chi connectivity index (χ3v) is 3.81. The highest BCUT2D eigenvalue weighted by Crippen LogP contribution is 2.24. The first-order chi connectivity index (χ1) is 11.3. The molecule has 3 nitrogen and oxygen atoms in total. The van der Waals surface area contributed by atoms with Gasteiger partial charge in [0, 0.05) is 12.1 Å². The molecule has 0 fully saturated rings. The second kappa shape index (κ2) is 7.47. The summed E-state index contributed by atoms with van der Waals surface area (Å²) in [5.41, 5.74) is 1.72. The molecule has 128 valence electrons. The first-order valence-corrected chi connectivity index (χ1v) is 8.05. The van der Waals surface area contributed by atoms with Gasteiger partial charge in [-0.15, -0.1) is 0 Å². The van der Waals surface area contributed by atoms with Gasteiger partial charge in [0.25, 0.3) is 5.91 Å². The summed E-state index contributed by atoms with van der Waals surface area (Å²) in [6.45, 7) is 8.24. The first kappa shape index (κ1) is 18.0. The van der Waals surface area contributed by atoms with Gasteiger partial charge in [0.05, 0.1) is 0 Å². The van der Waals surface area contributed by atoms with Crippen molar-refractivity contribution in [2.24, 2.45) is 0 Å². The van der Waals surface area contributed by atoms with Gasteiger partial charge >= 0.3 is 0 Å². The van der Waals surface area contributed by atoms with Crippen molar-refractivity contribution in [3.63, 3.8) is 0 Å². The molecule has 2 aromatic carbocycles. The van der Waals surface area contributed by atoms with E-state index >= 15 is 0 Å². The molecule has 0 aliphatic rings. The zero-order chi connectivity index (χ0) is 17.7. The highest BCUT2D eigenvalue weighted by atomic mass is 19.1. The van der Waals surface area contributed by atoms with Crippen molar-refractivity contribution >= 4 is 5.91 Å². The molecule has 2 rings (SSSR count). The quantitative estimate of drug-likeness (QED) is 0.892. The monoisotopic (exact) mass is 329 g/mol. The topological polar surface area (TPSA) is 38.3 Å². The minimum atomic E-state index is -0.655. The Morgan fingerprint density at radius 3 is 2.33 bits per heavy atom. The zero-order valence-electron chi connectivity index (χ0n) is 14.6. The van der Waals surface area contributed by atoms with Gasteiger partial charge < -0.3 is 10.1 Å². The molecule has 1 atom stereocenters. The summed E-state index contributed by atoms with van der Waals surface area (Å²) in [6.07, 6.45) is -0.655. The van der Waals surface area contributed by atoms with Crippen LogP contribution in [0.2, 0.25) is 0 Å². The van der Waals surface area contributed by atoms with Crippen LogP contribution in [0.25, 0.3) is 0 Å². The Morgan fingerprint density at radius 2 is 1.75 bits per heavy atom. The van der Waals surface area contributed by atoms with E-state index in [0.29, 0.717) is 11.3 Å². The van der Waals surface area contributed by atoms with Crippen LogP contribution in [0.4, 0.5) is 4.39 Å². The van der Waals surface area contributed by atoms with Crippen molar-refractivity contribution in [3.05, 3.63) is 65.5 Å². The van der Waals surface area contributed by atoms with E-state index in [1.807, 2.05) is 24.3 Å². The Morgan fingerprint density at radius 1 is 1.12 bits per heavy atom. The third-order valence-electron chi connectivity index (χ3n) is 3.81. The van der Waals surface area contributed by atoms with E-state index in [-0.39, 0.29) is 23.7 Å². The Bertz CT molecular complexity index is 690. The van der Waals surface area contributed by atoms with Gasteiger partial charge in [-0.05, 0) is 36.1 Å². The van der Waals surface area contributed by atoms with Crippen LogP contribution in [0, 0.1) is 5.82 Å². The molecule has 1 amide bonds. The van der Waals surface area contributed by atoms with Crippen LogP contribution in [0.3, 0.4) is 0 Å². The van der Waals surface area contributed by atoms with Crippen LogP contribution < -0.4 is 10.1 Å². The number of rotatable bonds is 5. The normalized spacial score (nSPS) is 12.5. The van der Waals surface area contributed by atoms with Crippen molar-refractivity contribution in [2.45, 2.75) is 45.8 Å². The molecule has 0 aliphatic carbocycles. The van der Waals surface area contributed by atoms with Crippen LogP contribution in [-0.4, -0.2) is 12.0 Å². The highest BCUT2D eigenvalue weighted by molar-refractivity contribution is 5.80. The summed E-state index contributed by atoms with van der Waals surface area (Å²) in [4.78, 5) is 12.1. The number of ether oxygens (including phenoxy) is 1. The summed E-state index contributed by atoms with van der Waals surface area (Å²) < 4.78 is 19.2. The number of carbonyl (C=O) groups is 1. The molecule has 1 N–H and O–H groups in total. The van der Waals surface area contributed by atoms with Crippen molar-refractivity contribution in [3.8, 4) is 5.75 Å². The fourth-order valence-electron chi connectivity index (χ4n) is 2.26. The minimum absolute atomic E-state index is 0.0707. The summed E-state index contributed by atoms with van der Waals surface area (Å²) in [7, 11) is 0. The summed E-state index contributed by atoms with van der Waals surface area (Å²) >= 11 is 0. The second-order valence-corrected chi connectivity index (χ2v) is 6.84. The van der Waals surface area contributed by atoms with E-state index in [2.05, 4.69) is 26.1 Å². The van der Waals surface area contributed by atoms with Crippen LogP contribution >= 0.6 is 0 Å². The van der Waals surface area contributed by atoms with Gasteiger partial charge in [-0.2, -0.15) is 0 Å². The average Bonchev–Trinajstić information content (AvgIpc) is 2.53. The maximum absolute atomic E-state index is 13.5. The molecule has 0 heterocycles. The maximum atomic E-state index is 13.5. The Balaban J connectivity index is 1.91. The Labute approximate surface area is 142 Å². The lowest BCUT2D eigenvalue weighted by Crippen LogP contribution is -2.36. The maximum Gasteiger partial charge on any atom is 0.261 e. The van der Waals surface area contributed by atoms with Gasteiger partial charge in [-0.1, -0.05) is 51.1 Å². The molecule has 0 radical (unpaired) electrons. The molecule has 0 aromatic heterocycles. The Hall–Kier alpha value is -2.36. The molecule has 0 spiro atoms. The zero-order valence-corrected chi connectivity index (χ0v) is 14.6. The summed E-state index contributed by atoms with van der Waals surface area (Å²) in [6, 6.07) is 14.1. The molecule has 4 heteroatoms. The lowest BCUT2D eigenvalue weighted by Gasteiger charge is -2.20. The molecular weight excluding hydrogens is 305 g/mol. The van der Waals surface area contributed by atoms with E-state index in [0.717, 1.165) is 0 Å². The van der Waals surface area contributed by atoms with Gasteiger partial charge in [-0.25, -0.2) is 4.39 Å². The molecule has 24 heavy (non-hydrogen) atoms. The fourth-order valence-corrected chi connectivity index (χ4v) is 2.26. The third kappa shape index (κ3) is 4.82. The lowest BCUT2D eigenvalue weighted by molar-refractivity contribution is -0.127. The number of hydrogen-bond acceptors (Lipinski definition) is 2. The van der Waals surface area contributed by atoms with Gasteiger partial charge in [0.15, 0.2) is 6.10 Å². The lowest BCUT2D eigenvalue weighted by atomic mass is 9.87. The van der Waals surface area contributed by atoms with Crippen molar-refractivity contribution in [1.29, 1.82) is 0 Å². The average molecular weight is 329 g/mol. The SMILES string of the molecule is CC(Oc1ccc(C(C)(C)C)cc1)C(=O)NCc1ccccc1F. The number of hydrogen-bond donors (Lipinski definition) is 1. The predicted molar refractivity (Wildman–Crippen MR) is 93.5 cm³/mol. The highest BCUT2D eigenvalue weighted by Gasteiger charge is 2.16. The van der Waals surface area contributed by atoms with Crippen LogP contribution in [-0.2, 0) is 16.8 Å². The van der Waals surface area contributed by atoms with E-state index in [1.165, 1.54) is 11.6 Å². The predicted octanol–water partition coefficient (Wildman–Crippen LogP) is 4.21. The van der Waals surface area contributed by atoms with E-state index < -0.39 is 6.10 Å². The first-order valence-electron chi connectivity index (χ1n) is 8.05. The standard InChI is InChI=1S/C20H24FNO2/c1-14(19(23)22-13-15-7-5-6-8-18(15)21)24-17-11-9-16(10-12-17)20(2,3)4/h5-12,14H,13H2,1-4H3,(H,22,23). The number of carbonyl (C=O) groups excluding carboxylic acids is 1. The number of nitrogens with one attached hydrogen (secondary N) is 1. The number of benzene rings is 2. The Kier molecular flexibility index (Phi) is 5.60. The number of halogens is 1. The van der Waals surface area contributed by atoms with E-state index in [9.17, 15) is 9.18 Å². The largest absolute Gasteiger partial charge is 0.481 e. The second-order valence-electron chi connectivity index (χ2n) is 6.84. The van der Waals surface area contributed by atoms with Crippen molar-refractivity contribution < 1.29 is 13.9 Å². The fraction of sp³-hybridized carbons (Fsp3) is 0.350. The van der Waals surface area contributed by atoms with Gasteiger partial charge in [-0.3, -0.25) is 4.79 Å². The van der Waals surface area contributed by atoms with Crippen molar-refractivity contribution in [2.75, 3.05) is 0 Å². The van der Waals surface area contributed by atoms with Crippen molar-refractivity contribution in [1.82, 2.24) is 5.32 Å². The minimum Gasteiger partial charge on any atom is -0.481 e. The molecule has 0 saturated heterocycles. The van der Waals surface area contributed by atoms with Gasteiger partial charge in [0.2, 0.25) is 0 Å². The van der Waals surface area contributed by atoms with Crippen LogP contribution in [0.1, 0.15) is 38.8 Å².